The van der Waals surface area contributed by atoms with Gasteiger partial charge in [-0.25, -0.2) is 0 Å². The highest BCUT2D eigenvalue weighted by Gasteiger charge is 2.17. The van der Waals surface area contributed by atoms with Crippen LogP contribution in [0.15, 0.2) is 18.2 Å². The summed E-state index contributed by atoms with van der Waals surface area (Å²) in [5, 5.41) is 13.7. The zero-order chi connectivity index (χ0) is 17.9. The Kier molecular flexibility index (Phi) is 9.42. The summed E-state index contributed by atoms with van der Waals surface area (Å²) in [5.74, 6) is 2.48. The zero-order valence-electron chi connectivity index (χ0n) is 15.2. The minimum atomic E-state index is -0.541. The van der Waals surface area contributed by atoms with Gasteiger partial charge in [-0.15, -0.1) is 0 Å². The summed E-state index contributed by atoms with van der Waals surface area (Å²) in [6, 6.07) is 5.87. The lowest BCUT2D eigenvalue weighted by Gasteiger charge is -2.28. The van der Waals surface area contributed by atoms with Crippen LogP contribution >= 0.6 is 11.8 Å². The Morgan fingerprint density at radius 1 is 1.36 bits per heavy atom. The third kappa shape index (κ3) is 7.03. The highest BCUT2D eigenvalue weighted by atomic mass is 32.2. The molecule has 0 aromatic heterocycles. The molecular formula is C18H30N2O4S. The van der Waals surface area contributed by atoms with Crippen molar-refractivity contribution < 1.29 is 19.3 Å². The predicted octanol–water partition coefficient (Wildman–Crippen LogP) is 1.22. The van der Waals surface area contributed by atoms with Crippen LogP contribution in [0.3, 0.4) is 0 Å². The number of para-hydroxylation sites is 1. The van der Waals surface area contributed by atoms with Gasteiger partial charge in [0.2, 0.25) is 0 Å². The predicted molar refractivity (Wildman–Crippen MR) is 102 cm³/mol. The molecule has 25 heavy (non-hydrogen) atoms. The largest absolute Gasteiger partial charge is 0.493 e. The number of β-amino-alcohol motifs (C(OH)–C–C–N with tert-alkyl or cyclic N) is 1. The van der Waals surface area contributed by atoms with Gasteiger partial charge in [-0.3, -0.25) is 4.90 Å². The van der Waals surface area contributed by atoms with E-state index in [9.17, 15) is 5.11 Å². The molecule has 1 aliphatic heterocycles. The van der Waals surface area contributed by atoms with Crippen molar-refractivity contribution >= 4 is 11.8 Å². The molecule has 1 atom stereocenters. The summed E-state index contributed by atoms with van der Waals surface area (Å²) in [5.41, 5.74) is 1.04. The van der Waals surface area contributed by atoms with Crippen LogP contribution in [0.1, 0.15) is 5.56 Å². The first-order chi connectivity index (χ1) is 12.2. The van der Waals surface area contributed by atoms with Gasteiger partial charge in [0, 0.05) is 44.0 Å². The molecule has 0 saturated carbocycles. The number of benzene rings is 1. The number of nitrogens with one attached hydrogen (secondary N) is 1. The monoisotopic (exact) mass is 370 g/mol. The number of ether oxygens (including phenoxy) is 3. The summed E-state index contributed by atoms with van der Waals surface area (Å²) in [7, 11) is 1.64. The highest BCUT2D eigenvalue weighted by Crippen LogP contribution is 2.31. The molecule has 1 unspecified atom stereocenters. The number of nitrogens with zero attached hydrogens (tertiary/aromatic N) is 1. The van der Waals surface area contributed by atoms with Gasteiger partial charge in [0.1, 0.15) is 12.7 Å². The van der Waals surface area contributed by atoms with E-state index in [0.29, 0.717) is 24.6 Å². The lowest BCUT2D eigenvalue weighted by molar-refractivity contribution is 0.00436. The molecule has 6 nitrogen and oxygen atoms in total. The van der Waals surface area contributed by atoms with E-state index in [2.05, 4.69) is 16.5 Å². The molecule has 1 aromatic rings. The molecule has 1 heterocycles. The van der Waals surface area contributed by atoms with Crippen molar-refractivity contribution in [3.8, 4) is 11.5 Å². The molecule has 1 aromatic carbocycles. The van der Waals surface area contributed by atoms with Gasteiger partial charge >= 0.3 is 0 Å². The van der Waals surface area contributed by atoms with Crippen molar-refractivity contribution in [1.29, 1.82) is 0 Å². The van der Waals surface area contributed by atoms with E-state index in [4.69, 9.17) is 14.2 Å². The maximum atomic E-state index is 10.3. The minimum Gasteiger partial charge on any atom is -0.493 e. The van der Waals surface area contributed by atoms with Gasteiger partial charge in [0.25, 0.3) is 0 Å². The number of hydrogen-bond donors (Lipinski definition) is 2. The van der Waals surface area contributed by atoms with Gasteiger partial charge in [0.15, 0.2) is 11.5 Å². The Labute approximate surface area is 154 Å². The zero-order valence-corrected chi connectivity index (χ0v) is 16.0. The van der Waals surface area contributed by atoms with Crippen LogP contribution in [0.4, 0.5) is 0 Å². The fourth-order valence-corrected chi connectivity index (χ4v) is 3.08. The summed E-state index contributed by atoms with van der Waals surface area (Å²) in [6.07, 6.45) is 1.55. The van der Waals surface area contributed by atoms with Crippen molar-refractivity contribution in [1.82, 2.24) is 10.2 Å². The number of aliphatic hydroxyl groups excluding tert-OH is 1. The number of morpholine rings is 1. The third-order valence-corrected chi connectivity index (χ3v) is 4.68. The van der Waals surface area contributed by atoms with E-state index in [-0.39, 0.29) is 6.61 Å². The molecule has 0 radical (unpaired) electrons. The molecule has 0 amide bonds. The first-order valence-corrected chi connectivity index (χ1v) is 10.1. The van der Waals surface area contributed by atoms with Crippen molar-refractivity contribution in [2.24, 2.45) is 0 Å². The number of rotatable bonds is 11. The van der Waals surface area contributed by atoms with Crippen molar-refractivity contribution in [3.05, 3.63) is 23.8 Å². The van der Waals surface area contributed by atoms with E-state index in [1.54, 1.807) is 7.11 Å². The van der Waals surface area contributed by atoms with E-state index in [1.165, 1.54) is 0 Å². The second-order valence-corrected chi connectivity index (χ2v) is 6.98. The molecule has 1 fully saturated rings. The fourth-order valence-electron chi connectivity index (χ4n) is 2.74. The normalized spacial score (nSPS) is 16.6. The molecule has 0 bridgehead atoms. The molecule has 142 valence electrons. The lowest BCUT2D eigenvalue weighted by atomic mass is 10.2. The maximum absolute atomic E-state index is 10.3. The van der Waals surface area contributed by atoms with Crippen LogP contribution < -0.4 is 14.8 Å². The van der Waals surface area contributed by atoms with Crippen molar-refractivity contribution in [2.45, 2.75) is 12.6 Å². The average molecular weight is 371 g/mol. The quantitative estimate of drug-likeness (QED) is 0.568. The molecule has 7 heteroatoms. The molecule has 0 spiro atoms. The number of thioether (sulfide) groups is 1. The van der Waals surface area contributed by atoms with Crippen molar-refractivity contribution in [3.63, 3.8) is 0 Å². The van der Waals surface area contributed by atoms with E-state index >= 15 is 0 Å². The minimum absolute atomic E-state index is 0.246. The van der Waals surface area contributed by atoms with Gasteiger partial charge in [0.05, 0.1) is 20.3 Å². The first-order valence-electron chi connectivity index (χ1n) is 8.71. The topological polar surface area (TPSA) is 63.2 Å². The Hall–Kier alpha value is -0.990. The van der Waals surface area contributed by atoms with Crippen LogP contribution in [-0.4, -0.2) is 81.2 Å². The third-order valence-electron chi connectivity index (χ3n) is 4.07. The Bertz CT molecular complexity index is 498. The van der Waals surface area contributed by atoms with E-state index in [1.807, 2.05) is 30.0 Å². The smallest absolute Gasteiger partial charge is 0.165 e. The summed E-state index contributed by atoms with van der Waals surface area (Å²) in [6.45, 7) is 5.67. The van der Waals surface area contributed by atoms with Gasteiger partial charge in [-0.05, 0) is 12.3 Å². The Morgan fingerprint density at radius 2 is 2.16 bits per heavy atom. The second-order valence-electron chi connectivity index (χ2n) is 6.00. The standard InChI is InChI=1S/C18H30N2O4S/c1-22-17-5-3-4-15(12-19-6-11-25-2)18(17)24-14-16(21)13-20-7-9-23-10-8-20/h3-5,16,19,21H,6-14H2,1-2H3. The summed E-state index contributed by atoms with van der Waals surface area (Å²) in [4.78, 5) is 2.20. The molecule has 1 saturated heterocycles. The van der Waals surface area contributed by atoms with Gasteiger partial charge in [-0.1, -0.05) is 12.1 Å². The number of methoxy groups -OCH3 is 1. The second kappa shape index (κ2) is 11.6. The lowest BCUT2D eigenvalue weighted by Crippen LogP contribution is -2.42. The molecule has 2 N–H and O–H groups in total. The SMILES string of the molecule is COc1cccc(CNCCSC)c1OCC(O)CN1CCOCC1. The first kappa shape index (κ1) is 20.3. The van der Waals surface area contributed by atoms with Crippen LogP contribution in [0.5, 0.6) is 11.5 Å². The fraction of sp³-hybridized carbons (Fsp3) is 0.667. The Morgan fingerprint density at radius 3 is 2.88 bits per heavy atom. The molecular weight excluding hydrogens is 340 g/mol. The molecule has 2 rings (SSSR count). The molecule has 0 aliphatic carbocycles. The number of aliphatic hydroxyl groups is 1. The van der Waals surface area contributed by atoms with Crippen molar-refractivity contribution in [2.75, 3.05) is 65.1 Å². The van der Waals surface area contributed by atoms with E-state index < -0.39 is 6.10 Å². The van der Waals surface area contributed by atoms with Crippen LogP contribution in [0, 0.1) is 0 Å². The average Bonchev–Trinajstić information content (AvgIpc) is 2.64. The van der Waals surface area contributed by atoms with E-state index in [0.717, 1.165) is 44.2 Å². The van der Waals surface area contributed by atoms with Gasteiger partial charge in [-0.2, -0.15) is 11.8 Å². The summed E-state index contributed by atoms with van der Waals surface area (Å²) < 4.78 is 16.7. The number of hydrogen-bond acceptors (Lipinski definition) is 7. The maximum Gasteiger partial charge on any atom is 0.165 e. The van der Waals surface area contributed by atoms with Gasteiger partial charge < -0.3 is 24.6 Å². The van der Waals surface area contributed by atoms with Crippen LogP contribution in [-0.2, 0) is 11.3 Å². The molecule has 1 aliphatic rings. The highest BCUT2D eigenvalue weighted by molar-refractivity contribution is 7.98. The van der Waals surface area contributed by atoms with Crippen LogP contribution in [0.2, 0.25) is 0 Å². The Balaban J connectivity index is 1.89. The summed E-state index contributed by atoms with van der Waals surface area (Å²) >= 11 is 1.81. The van der Waals surface area contributed by atoms with Crippen LogP contribution in [0.25, 0.3) is 0 Å².